The quantitative estimate of drug-likeness (QED) is 0.0824. The maximum atomic E-state index is 13.1. The molecule has 0 aliphatic carbocycles. The van der Waals surface area contributed by atoms with Gasteiger partial charge in [-0.05, 0) is 37.0 Å². The molecular weight excluding hydrogens is 458 g/mol. The number of carbonyl (C=O) groups is 1. The van der Waals surface area contributed by atoms with E-state index < -0.39 is 6.29 Å². The summed E-state index contributed by atoms with van der Waals surface area (Å²) in [5.41, 5.74) is 2.56. The van der Waals surface area contributed by atoms with Gasteiger partial charge in [-0.3, -0.25) is 4.79 Å². The van der Waals surface area contributed by atoms with Gasteiger partial charge in [0.2, 0.25) is 6.29 Å². The molecule has 0 saturated heterocycles. The highest BCUT2D eigenvalue weighted by Crippen LogP contribution is 2.21. The molecule has 0 saturated carbocycles. The molecule has 206 valence electrons. The fourth-order valence-corrected chi connectivity index (χ4v) is 4.91. The maximum Gasteiger partial charge on any atom is 0.317 e. The Balaban J connectivity index is 1.82. The van der Waals surface area contributed by atoms with Gasteiger partial charge >= 0.3 is 5.97 Å². The van der Waals surface area contributed by atoms with Gasteiger partial charge in [-0.2, -0.15) is 0 Å². The highest BCUT2D eigenvalue weighted by molar-refractivity contribution is 5.72. The Morgan fingerprint density at radius 3 is 2.08 bits per heavy atom. The summed E-state index contributed by atoms with van der Waals surface area (Å²) in [6.07, 6.45) is 12.5. The molecule has 0 N–H and O–H groups in total. The summed E-state index contributed by atoms with van der Waals surface area (Å²) in [6, 6.07) is 18.7. The van der Waals surface area contributed by atoms with Crippen LogP contribution in [0.5, 0.6) is 5.75 Å². The predicted octanol–water partition coefficient (Wildman–Crippen LogP) is 8.33. The number of quaternary nitrogens is 1. The fourth-order valence-electron chi connectivity index (χ4n) is 4.91. The van der Waals surface area contributed by atoms with Crippen LogP contribution in [0.4, 0.5) is 0 Å². The molecule has 2 atom stereocenters. The first-order valence-electron chi connectivity index (χ1n) is 14.7. The van der Waals surface area contributed by atoms with Crippen LogP contribution in [0.1, 0.15) is 96.1 Å². The number of aryl methyl sites for hydroxylation is 1. The molecular formula is C33H52NO3+. The first-order chi connectivity index (χ1) is 17.9. The lowest BCUT2D eigenvalue weighted by Crippen LogP contribution is -2.45. The predicted molar refractivity (Wildman–Crippen MR) is 154 cm³/mol. The zero-order valence-electron chi connectivity index (χ0n) is 24.2. The number of hydrogen-bond donors (Lipinski definition) is 0. The fraction of sp³-hybridized carbons (Fsp3) is 0.606. The number of esters is 1. The van der Waals surface area contributed by atoms with Crippen LogP contribution >= 0.6 is 0 Å². The highest BCUT2D eigenvalue weighted by Gasteiger charge is 2.30. The number of unbranched alkanes of at least 4 members (excludes halogenated alkanes) is 7. The van der Waals surface area contributed by atoms with Crippen LogP contribution in [0.3, 0.4) is 0 Å². The molecule has 0 fully saturated rings. The first kappa shape index (κ1) is 30.9. The van der Waals surface area contributed by atoms with Crippen LogP contribution in [0.15, 0.2) is 54.6 Å². The van der Waals surface area contributed by atoms with Gasteiger partial charge in [0.1, 0.15) is 18.2 Å². The third kappa shape index (κ3) is 12.6. The molecule has 2 aromatic carbocycles. The van der Waals surface area contributed by atoms with E-state index in [0.717, 1.165) is 36.2 Å². The van der Waals surface area contributed by atoms with Crippen molar-refractivity contribution in [3.63, 3.8) is 0 Å². The Morgan fingerprint density at radius 2 is 1.43 bits per heavy atom. The van der Waals surface area contributed by atoms with Gasteiger partial charge in [-0.25, -0.2) is 0 Å². The Hall–Kier alpha value is -2.33. The molecule has 2 rings (SSSR count). The summed E-state index contributed by atoms with van der Waals surface area (Å²) in [5.74, 6) is 0.457. The molecule has 0 aromatic heterocycles. The Labute approximate surface area is 227 Å². The molecule has 0 amide bonds. The van der Waals surface area contributed by atoms with Crippen molar-refractivity contribution in [2.24, 2.45) is 5.92 Å². The van der Waals surface area contributed by atoms with Gasteiger partial charge in [0.25, 0.3) is 0 Å². The lowest BCUT2D eigenvalue weighted by Gasteiger charge is -2.33. The number of benzene rings is 2. The van der Waals surface area contributed by atoms with Crippen molar-refractivity contribution in [1.82, 2.24) is 0 Å². The Morgan fingerprint density at radius 1 is 0.784 bits per heavy atom. The second-order valence-electron chi connectivity index (χ2n) is 11.1. The second-order valence-corrected chi connectivity index (χ2v) is 11.1. The molecule has 0 radical (unpaired) electrons. The molecule has 0 aliphatic heterocycles. The van der Waals surface area contributed by atoms with E-state index in [-0.39, 0.29) is 11.9 Å². The molecule has 0 bridgehead atoms. The zero-order chi connectivity index (χ0) is 26.9. The average molecular weight is 511 g/mol. The van der Waals surface area contributed by atoms with E-state index in [2.05, 4.69) is 64.3 Å². The van der Waals surface area contributed by atoms with E-state index in [1.807, 2.05) is 25.1 Å². The summed E-state index contributed by atoms with van der Waals surface area (Å²) < 4.78 is 12.7. The molecule has 4 nitrogen and oxygen atoms in total. The molecule has 2 unspecified atom stereocenters. The molecule has 0 aliphatic rings. The third-order valence-corrected chi connectivity index (χ3v) is 7.06. The average Bonchev–Trinajstić information content (AvgIpc) is 2.89. The summed E-state index contributed by atoms with van der Waals surface area (Å²) in [7, 11) is 4.35. The minimum Gasteiger partial charge on any atom is -0.455 e. The van der Waals surface area contributed by atoms with Crippen molar-refractivity contribution in [2.45, 2.75) is 104 Å². The lowest BCUT2D eigenvalue weighted by atomic mass is 10.0. The van der Waals surface area contributed by atoms with Gasteiger partial charge in [0, 0.05) is 12.0 Å². The van der Waals surface area contributed by atoms with E-state index in [1.165, 1.54) is 62.5 Å². The summed E-state index contributed by atoms with van der Waals surface area (Å²) in [5, 5.41) is 0. The van der Waals surface area contributed by atoms with Crippen molar-refractivity contribution in [1.29, 1.82) is 0 Å². The van der Waals surface area contributed by atoms with Crippen LogP contribution in [0, 0.1) is 5.92 Å². The standard InChI is InChI=1S/C33H52NO3/c1-6-9-10-11-12-13-14-16-20-28-23-19-24-31(25-28)36-32(8-3)37-33(35)30(7-2)27-34(4,5)26-29-21-17-15-18-22-29/h15,17-19,21-25,30,32H,6-14,16,20,26-27H2,1-5H3/q+1. The second kappa shape index (κ2) is 17.2. The SMILES string of the molecule is CCCCCCCCCCc1cccc(OC(CC)OC(=O)C(CC)C[N+](C)(C)Cc2ccccc2)c1. The van der Waals surface area contributed by atoms with Gasteiger partial charge in [0.05, 0.1) is 20.6 Å². The van der Waals surface area contributed by atoms with Crippen LogP contribution < -0.4 is 4.74 Å². The summed E-state index contributed by atoms with van der Waals surface area (Å²) in [6.45, 7) is 7.93. The highest BCUT2D eigenvalue weighted by atomic mass is 16.7. The van der Waals surface area contributed by atoms with Gasteiger partial charge in [0.15, 0.2) is 0 Å². The van der Waals surface area contributed by atoms with Gasteiger partial charge < -0.3 is 14.0 Å². The van der Waals surface area contributed by atoms with E-state index in [9.17, 15) is 4.79 Å². The maximum absolute atomic E-state index is 13.1. The van der Waals surface area contributed by atoms with Crippen LogP contribution in [0.2, 0.25) is 0 Å². The van der Waals surface area contributed by atoms with Crippen molar-refractivity contribution in [2.75, 3.05) is 20.6 Å². The minimum atomic E-state index is -0.565. The van der Waals surface area contributed by atoms with Crippen LogP contribution in [-0.4, -0.2) is 37.4 Å². The number of nitrogens with zero attached hydrogens (tertiary/aromatic N) is 1. The number of ether oxygens (including phenoxy) is 2. The largest absolute Gasteiger partial charge is 0.455 e. The summed E-state index contributed by atoms with van der Waals surface area (Å²) in [4.78, 5) is 13.1. The number of rotatable bonds is 19. The molecule has 4 heteroatoms. The topological polar surface area (TPSA) is 35.5 Å². The van der Waals surface area contributed by atoms with Crippen molar-refractivity contribution in [3.8, 4) is 5.75 Å². The number of carbonyl (C=O) groups excluding carboxylic acids is 1. The summed E-state index contributed by atoms with van der Waals surface area (Å²) >= 11 is 0. The first-order valence-corrected chi connectivity index (χ1v) is 14.7. The smallest absolute Gasteiger partial charge is 0.317 e. The van der Waals surface area contributed by atoms with E-state index >= 15 is 0 Å². The molecule has 0 heterocycles. The third-order valence-electron chi connectivity index (χ3n) is 7.06. The zero-order valence-corrected chi connectivity index (χ0v) is 24.2. The van der Waals surface area contributed by atoms with E-state index in [4.69, 9.17) is 9.47 Å². The normalized spacial score (nSPS) is 13.2. The van der Waals surface area contributed by atoms with E-state index in [0.29, 0.717) is 6.42 Å². The van der Waals surface area contributed by atoms with Crippen molar-refractivity contribution >= 4 is 5.97 Å². The molecule has 2 aromatic rings. The van der Waals surface area contributed by atoms with Crippen molar-refractivity contribution < 1.29 is 18.8 Å². The van der Waals surface area contributed by atoms with Crippen LogP contribution in [-0.2, 0) is 22.5 Å². The Kier molecular flexibility index (Phi) is 14.4. The minimum absolute atomic E-state index is 0.162. The van der Waals surface area contributed by atoms with E-state index in [1.54, 1.807) is 0 Å². The Bertz CT molecular complexity index is 880. The molecule has 0 spiro atoms. The van der Waals surface area contributed by atoms with Crippen LogP contribution in [0.25, 0.3) is 0 Å². The van der Waals surface area contributed by atoms with Gasteiger partial charge in [-0.15, -0.1) is 0 Å². The lowest BCUT2D eigenvalue weighted by molar-refractivity contribution is -0.906. The number of hydrogen-bond acceptors (Lipinski definition) is 3. The monoisotopic (exact) mass is 510 g/mol. The molecule has 37 heavy (non-hydrogen) atoms. The van der Waals surface area contributed by atoms with Gasteiger partial charge in [-0.1, -0.05) is 108 Å². The van der Waals surface area contributed by atoms with Crippen molar-refractivity contribution in [3.05, 3.63) is 65.7 Å².